The third-order valence-electron chi connectivity index (χ3n) is 1.99. The van der Waals surface area contributed by atoms with Crippen molar-refractivity contribution in [2.75, 3.05) is 19.0 Å². The van der Waals surface area contributed by atoms with E-state index in [9.17, 15) is 4.79 Å². The number of hydrogen-bond donors (Lipinski definition) is 2. The number of carbonyl (C=O) groups excluding carboxylic acids is 1. The first kappa shape index (κ1) is 12.4. The van der Waals surface area contributed by atoms with Gasteiger partial charge in [0.15, 0.2) is 0 Å². The van der Waals surface area contributed by atoms with Crippen molar-refractivity contribution in [2.24, 2.45) is 0 Å². The van der Waals surface area contributed by atoms with Gasteiger partial charge in [0.1, 0.15) is 5.75 Å². The van der Waals surface area contributed by atoms with Crippen LogP contribution < -0.4 is 15.4 Å². The summed E-state index contributed by atoms with van der Waals surface area (Å²) in [5, 5.41) is 5.84. The normalized spacial score (nSPS) is 10.0. The number of ether oxygens (including phenoxy) is 1. The molecule has 0 unspecified atom stereocenters. The largest absolute Gasteiger partial charge is 0.497 e. The van der Waals surface area contributed by atoms with Crippen LogP contribution in [0, 0.1) is 0 Å². The lowest BCUT2D eigenvalue weighted by Gasteiger charge is -2.10. The van der Waals surface area contributed by atoms with Crippen molar-refractivity contribution in [3.05, 3.63) is 24.3 Å². The van der Waals surface area contributed by atoms with Gasteiger partial charge in [0.2, 0.25) is 5.91 Å². The van der Waals surface area contributed by atoms with Gasteiger partial charge in [0.25, 0.3) is 0 Å². The number of nitrogens with one attached hydrogen (secondary N) is 2. The average Bonchev–Trinajstić information content (AvgIpc) is 2.26. The van der Waals surface area contributed by atoms with Gasteiger partial charge in [0.05, 0.1) is 13.7 Å². The number of anilines is 1. The summed E-state index contributed by atoms with van der Waals surface area (Å²) in [6, 6.07) is 7.62. The van der Waals surface area contributed by atoms with E-state index in [2.05, 4.69) is 10.6 Å². The highest BCUT2D eigenvalue weighted by molar-refractivity contribution is 5.80. The predicted molar refractivity (Wildman–Crippen MR) is 64.8 cm³/mol. The Morgan fingerprint density at radius 2 is 1.94 bits per heavy atom. The highest BCUT2D eigenvalue weighted by Crippen LogP contribution is 2.14. The van der Waals surface area contributed by atoms with Crippen molar-refractivity contribution >= 4 is 11.6 Å². The monoisotopic (exact) mass is 222 g/mol. The topological polar surface area (TPSA) is 50.4 Å². The standard InChI is InChI=1S/C12H18N2O2/c1-9(2)14-12(15)8-13-10-4-6-11(16-3)7-5-10/h4-7,9,13H,8H2,1-3H3,(H,14,15). The van der Waals surface area contributed by atoms with Crippen LogP contribution in [0.15, 0.2) is 24.3 Å². The highest BCUT2D eigenvalue weighted by Gasteiger charge is 2.02. The van der Waals surface area contributed by atoms with Crippen molar-refractivity contribution in [1.29, 1.82) is 0 Å². The van der Waals surface area contributed by atoms with Gasteiger partial charge >= 0.3 is 0 Å². The lowest BCUT2D eigenvalue weighted by Crippen LogP contribution is -2.34. The van der Waals surface area contributed by atoms with E-state index < -0.39 is 0 Å². The molecule has 0 aromatic heterocycles. The summed E-state index contributed by atoms with van der Waals surface area (Å²) in [6.45, 7) is 4.15. The maximum atomic E-state index is 11.4. The fraction of sp³-hybridized carbons (Fsp3) is 0.417. The molecule has 0 spiro atoms. The minimum absolute atomic E-state index is 0.00850. The van der Waals surface area contributed by atoms with Crippen LogP contribution in [0.5, 0.6) is 5.75 Å². The molecule has 16 heavy (non-hydrogen) atoms. The van der Waals surface area contributed by atoms with Gasteiger partial charge in [-0.3, -0.25) is 4.79 Å². The van der Waals surface area contributed by atoms with Gasteiger partial charge in [-0.05, 0) is 38.1 Å². The van der Waals surface area contributed by atoms with Gasteiger partial charge in [-0.2, -0.15) is 0 Å². The van der Waals surface area contributed by atoms with Gasteiger partial charge in [0, 0.05) is 11.7 Å². The van der Waals surface area contributed by atoms with E-state index in [1.807, 2.05) is 38.1 Å². The second kappa shape index (κ2) is 6.00. The van der Waals surface area contributed by atoms with E-state index >= 15 is 0 Å². The Morgan fingerprint density at radius 3 is 2.44 bits per heavy atom. The number of benzene rings is 1. The van der Waals surface area contributed by atoms with Gasteiger partial charge in [-0.1, -0.05) is 0 Å². The van der Waals surface area contributed by atoms with Crippen LogP contribution in [0.25, 0.3) is 0 Å². The molecule has 1 rings (SSSR count). The molecule has 0 saturated carbocycles. The Kier molecular flexibility index (Phi) is 4.64. The van der Waals surface area contributed by atoms with Crippen LogP contribution in [-0.4, -0.2) is 25.6 Å². The zero-order valence-electron chi connectivity index (χ0n) is 9.91. The quantitative estimate of drug-likeness (QED) is 0.796. The molecule has 2 N–H and O–H groups in total. The highest BCUT2D eigenvalue weighted by atomic mass is 16.5. The maximum Gasteiger partial charge on any atom is 0.239 e. The Morgan fingerprint density at radius 1 is 1.31 bits per heavy atom. The van der Waals surface area contributed by atoms with Crippen molar-refractivity contribution < 1.29 is 9.53 Å². The zero-order chi connectivity index (χ0) is 12.0. The summed E-state index contributed by atoms with van der Waals surface area (Å²) in [7, 11) is 1.62. The Labute approximate surface area is 96.0 Å². The predicted octanol–water partition coefficient (Wildman–Crippen LogP) is 1.63. The van der Waals surface area contributed by atoms with Crippen molar-refractivity contribution in [3.63, 3.8) is 0 Å². The number of amides is 1. The fourth-order valence-corrected chi connectivity index (χ4v) is 1.26. The molecule has 1 amide bonds. The van der Waals surface area contributed by atoms with Crippen molar-refractivity contribution in [1.82, 2.24) is 5.32 Å². The van der Waals surface area contributed by atoms with Crippen LogP contribution in [0.4, 0.5) is 5.69 Å². The van der Waals surface area contributed by atoms with Crippen molar-refractivity contribution in [3.8, 4) is 5.75 Å². The zero-order valence-corrected chi connectivity index (χ0v) is 9.91. The third kappa shape index (κ3) is 4.21. The van der Waals surface area contributed by atoms with Gasteiger partial charge < -0.3 is 15.4 Å². The number of carbonyl (C=O) groups is 1. The molecule has 0 bridgehead atoms. The SMILES string of the molecule is COc1ccc(NCC(=O)NC(C)C)cc1. The first-order valence-electron chi connectivity index (χ1n) is 5.29. The van der Waals surface area contributed by atoms with Gasteiger partial charge in [-0.15, -0.1) is 0 Å². The molecule has 4 nitrogen and oxygen atoms in total. The summed E-state index contributed by atoms with van der Waals surface area (Å²) in [5.41, 5.74) is 0.903. The van der Waals surface area contributed by atoms with E-state index in [0.717, 1.165) is 11.4 Å². The van der Waals surface area contributed by atoms with E-state index in [1.54, 1.807) is 7.11 Å². The average molecular weight is 222 g/mol. The minimum Gasteiger partial charge on any atom is -0.497 e. The molecule has 4 heteroatoms. The third-order valence-corrected chi connectivity index (χ3v) is 1.99. The molecule has 0 atom stereocenters. The summed E-state index contributed by atoms with van der Waals surface area (Å²) < 4.78 is 5.04. The minimum atomic E-state index is -0.00850. The van der Waals surface area contributed by atoms with E-state index in [-0.39, 0.29) is 18.5 Å². The molecule has 0 aliphatic rings. The Hall–Kier alpha value is -1.71. The van der Waals surface area contributed by atoms with Crippen LogP contribution in [0.3, 0.4) is 0 Å². The Balaban J connectivity index is 2.39. The van der Waals surface area contributed by atoms with Crippen LogP contribution in [-0.2, 0) is 4.79 Å². The molecular weight excluding hydrogens is 204 g/mol. The second-order valence-corrected chi connectivity index (χ2v) is 3.80. The number of methoxy groups -OCH3 is 1. The first-order chi connectivity index (χ1) is 7.61. The maximum absolute atomic E-state index is 11.4. The lowest BCUT2D eigenvalue weighted by atomic mass is 10.3. The summed E-state index contributed by atoms with van der Waals surface area (Å²) >= 11 is 0. The smallest absolute Gasteiger partial charge is 0.239 e. The lowest BCUT2D eigenvalue weighted by molar-refractivity contribution is -0.119. The molecule has 0 aliphatic carbocycles. The summed E-state index contributed by atoms with van der Waals surface area (Å²) in [5.74, 6) is 0.794. The fourth-order valence-electron chi connectivity index (χ4n) is 1.26. The number of hydrogen-bond acceptors (Lipinski definition) is 3. The molecule has 0 aliphatic heterocycles. The van der Waals surface area contributed by atoms with Crippen LogP contribution in [0.2, 0.25) is 0 Å². The molecule has 1 aromatic carbocycles. The van der Waals surface area contributed by atoms with Crippen LogP contribution in [0.1, 0.15) is 13.8 Å². The number of rotatable bonds is 5. The van der Waals surface area contributed by atoms with Crippen LogP contribution >= 0.6 is 0 Å². The van der Waals surface area contributed by atoms with E-state index in [4.69, 9.17) is 4.74 Å². The second-order valence-electron chi connectivity index (χ2n) is 3.80. The molecule has 0 radical (unpaired) electrons. The summed E-state index contributed by atoms with van der Waals surface area (Å²) in [4.78, 5) is 11.4. The molecular formula is C12H18N2O2. The van der Waals surface area contributed by atoms with E-state index in [0.29, 0.717) is 0 Å². The van der Waals surface area contributed by atoms with E-state index in [1.165, 1.54) is 0 Å². The first-order valence-corrected chi connectivity index (χ1v) is 5.29. The van der Waals surface area contributed by atoms with Gasteiger partial charge in [-0.25, -0.2) is 0 Å². The molecule has 0 heterocycles. The molecule has 0 fully saturated rings. The van der Waals surface area contributed by atoms with Crippen molar-refractivity contribution in [2.45, 2.75) is 19.9 Å². The summed E-state index contributed by atoms with van der Waals surface area (Å²) in [6.07, 6.45) is 0. The molecule has 1 aromatic rings. The molecule has 0 saturated heterocycles. The molecule has 88 valence electrons. The Bertz CT molecular complexity index is 333.